The molecule has 0 aliphatic heterocycles. The SMILES string of the molecule is CCC(CC)Cn1cc(N)c(C(=O)OC)n1. The van der Waals surface area contributed by atoms with Crippen LogP contribution in [0.2, 0.25) is 0 Å². The topological polar surface area (TPSA) is 70.1 Å². The molecule has 0 aliphatic rings. The predicted octanol–water partition coefficient (Wildman–Crippen LogP) is 1.69. The quantitative estimate of drug-likeness (QED) is 0.774. The third kappa shape index (κ3) is 2.74. The average Bonchev–Trinajstić information content (AvgIpc) is 2.66. The number of carbonyl (C=O) groups excluding carboxylic acids is 1. The van der Waals surface area contributed by atoms with Crippen LogP contribution in [0.25, 0.3) is 0 Å². The second kappa shape index (κ2) is 5.53. The van der Waals surface area contributed by atoms with E-state index in [1.165, 1.54) is 7.11 Å². The van der Waals surface area contributed by atoms with Crippen LogP contribution in [0.3, 0.4) is 0 Å². The molecule has 90 valence electrons. The molecule has 0 amide bonds. The molecule has 1 aromatic heterocycles. The molecule has 0 radical (unpaired) electrons. The van der Waals surface area contributed by atoms with Gasteiger partial charge in [-0.3, -0.25) is 4.68 Å². The predicted molar refractivity (Wildman–Crippen MR) is 62.1 cm³/mol. The van der Waals surface area contributed by atoms with Gasteiger partial charge in [0, 0.05) is 12.7 Å². The van der Waals surface area contributed by atoms with Gasteiger partial charge < -0.3 is 10.5 Å². The van der Waals surface area contributed by atoms with Crippen LogP contribution < -0.4 is 5.73 Å². The lowest BCUT2D eigenvalue weighted by Gasteiger charge is -2.11. The van der Waals surface area contributed by atoms with E-state index in [0.717, 1.165) is 19.4 Å². The summed E-state index contributed by atoms with van der Waals surface area (Å²) >= 11 is 0. The monoisotopic (exact) mass is 225 g/mol. The fourth-order valence-corrected chi connectivity index (χ4v) is 1.60. The van der Waals surface area contributed by atoms with Crippen molar-refractivity contribution in [2.75, 3.05) is 12.8 Å². The average molecular weight is 225 g/mol. The Kier molecular flexibility index (Phi) is 4.34. The van der Waals surface area contributed by atoms with Crippen molar-refractivity contribution in [3.63, 3.8) is 0 Å². The van der Waals surface area contributed by atoms with Gasteiger partial charge in [0.15, 0.2) is 5.69 Å². The number of esters is 1. The molecule has 5 heteroatoms. The van der Waals surface area contributed by atoms with Gasteiger partial charge in [0.25, 0.3) is 0 Å². The number of aromatic nitrogens is 2. The number of hydrogen-bond acceptors (Lipinski definition) is 4. The molecule has 0 spiro atoms. The molecule has 1 rings (SSSR count). The van der Waals surface area contributed by atoms with Crippen molar-refractivity contribution in [3.8, 4) is 0 Å². The molecular formula is C11H19N3O2. The minimum Gasteiger partial charge on any atom is -0.464 e. The van der Waals surface area contributed by atoms with Crippen molar-refractivity contribution in [1.29, 1.82) is 0 Å². The van der Waals surface area contributed by atoms with Gasteiger partial charge in [-0.1, -0.05) is 26.7 Å². The highest BCUT2D eigenvalue weighted by Crippen LogP contribution is 2.14. The molecule has 16 heavy (non-hydrogen) atoms. The molecule has 0 unspecified atom stereocenters. The number of ether oxygens (including phenoxy) is 1. The number of methoxy groups -OCH3 is 1. The number of nitrogens with two attached hydrogens (primary N) is 1. The number of anilines is 1. The molecule has 0 saturated carbocycles. The van der Waals surface area contributed by atoms with E-state index in [0.29, 0.717) is 11.6 Å². The normalized spacial score (nSPS) is 10.8. The second-order valence-electron chi connectivity index (χ2n) is 3.83. The van der Waals surface area contributed by atoms with E-state index in [4.69, 9.17) is 5.73 Å². The zero-order chi connectivity index (χ0) is 12.1. The fraction of sp³-hybridized carbons (Fsp3) is 0.636. The highest BCUT2D eigenvalue weighted by Gasteiger charge is 2.16. The van der Waals surface area contributed by atoms with Crippen molar-refractivity contribution >= 4 is 11.7 Å². The van der Waals surface area contributed by atoms with Gasteiger partial charge in [-0.2, -0.15) is 5.10 Å². The maximum absolute atomic E-state index is 11.3. The van der Waals surface area contributed by atoms with Gasteiger partial charge >= 0.3 is 5.97 Å². The first kappa shape index (κ1) is 12.5. The Labute approximate surface area is 95.6 Å². The zero-order valence-corrected chi connectivity index (χ0v) is 10.1. The largest absolute Gasteiger partial charge is 0.464 e. The van der Waals surface area contributed by atoms with Crippen LogP contribution in [0.4, 0.5) is 5.69 Å². The van der Waals surface area contributed by atoms with Gasteiger partial charge in [0.1, 0.15) is 0 Å². The minimum absolute atomic E-state index is 0.202. The summed E-state index contributed by atoms with van der Waals surface area (Å²) in [6.45, 7) is 5.07. The fourth-order valence-electron chi connectivity index (χ4n) is 1.60. The summed E-state index contributed by atoms with van der Waals surface area (Å²) in [7, 11) is 1.32. The molecular weight excluding hydrogens is 206 g/mol. The lowest BCUT2D eigenvalue weighted by atomic mass is 10.0. The summed E-state index contributed by atoms with van der Waals surface area (Å²) in [4.78, 5) is 11.3. The van der Waals surface area contributed by atoms with Crippen LogP contribution in [0.15, 0.2) is 6.20 Å². The summed E-state index contributed by atoms with van der Waals surface area (Å²) in [5.74, 6) is 0.0746. The van der Waals surface area contributed by atoms with Crippen molar-refractivity contribution in [2.45, 2.75) is 33.2 Å². The van der Waals surface area contributed by atoms with Crippen LogP contribution in [0.1, 0.15) is 37.2 Å². The molecule has 0 fully saturated rings. The number of hydrogen-bond donors (Lipinski definition) is 1. The van der Waals surface area contributed by atoms with Crippen LogP contribution in [-0.2, 0) is 11.3 Å². The Hall–Kier alpha value is -1.52. The number of nitrogens with zero attached hydrogens (tertiary/aromatic N) is 2. The summed E-state index contributed by atoms with van der Waals surface area (Å²) in [6, 6.07) is 0. The summed E-state index contributed by atoms with van der Waals surface area (Å²) < 4.78 is 6.31. The molecule has 5 nitrogen and oxygen atoms in total. The lowest BCUT2D eigenvalue weighted by molar-refractivity contribution is 0.0594. The summed E-state index contributed by atoms with van der Waals surface area (Å²) in [5, 5.41) is 4.13. The van der Waals surface area contributed by atoms with E-state index in [9.17, 15) is 4.79 Å². The Bertz CT molecular complexity index is 356. The molecule has 1 heterocycles. The molecule has 0 bridgehead atoms. The van der Waals surface area contributed by atoms with E-state index in [1.54, 1.807) is 10.9 Å². The van der Waals surface area contributed by atoms with Crippen molar-refractivity contribution in [2.24, 2.45) is 5.92 Å². The number of nitrogen functional groups attached to an aromatic ring is 1. The highest BCUT2D eigenvalue weighted by molar-refractivity contribution is 5.92. The van der Waals surface area contributed by atoms with E-state index in [1.807, 2.05) is 0 Å². The first-order chi connectivity index (χ1) is 7.62. The molecule has 0 aliphatic carbocycles. The van der Waals surface area contributed by atoms with Crippen LogP contribution >= 0.6 is 0 Å². The minimum atomic E-state index is -0.485. The van der Waals surface area contributed by atoms with Gasteiger partial charge in [-0.15, -0.1) is 0 Å². The van der Waals surface area contributed by atoms with E-state index < -0.39 is 5.97 Å². The van der Waals surface area contributed by atoms with E-state index >= 15 is 0 Å². The standard InChI is InChI=1S/C11H19N3O2/c1-4-8(5-2)6-14-7-9(12)10(13-14)11(15)16-3/h7-8H,4-6,12H2,1-3H3. The summed E-state index contributed by atoms with van der Waals surface area (Å²) in [5.41, 5.74) is 6.27. The Morgan fingerprint density at radius 1 is 1.56 bits per heavy atom. The Morgan fingerprint density at radius 3 is 2.69 bits per heavy atom. The van der Waals surface area contributed by atoms with Crippen molar-refractivity contribution in [3.05, 3.63) is 11.9 Å². The van der Waals surface area contributed by atoms with Gasteiger partial charge in [0.2, 0.25) is 0 Å². The van der Waals surface area contributed by atoms with Gasteiger partial charge in [-0.25, -0.2) is 4.79 Å². The smallest absolute Gasteiger partial charge is 0.360 e. The van der Waals surface area contributed by atoms with Gasteiger partial charge in [-0.05, 0) is 5.92 Å². The third-order valence-corrected chi connectivity index (χ3v) is 2.77. The summed E-state index contributed by atoms with van der Waals surface area (Å²) in [6.07, 6.45) is 3.86. The first-order valence-electron chi connectivity index (χ1n) is 5.53. The molecule has 2 N–H and O–H groups in total. The van der Waals surface area contributed by atoms with Crippen molar-refractivity contribution < 1.29 is 9.53 Å². The van der Waals surface area contributed by atoms with E-state index in [-0.39, 0.29) is 5.69 Å². The van der Waals surface area contributed by atoms with Gasteiger partial charge in [0.05, 0.1) is 12.8 Å². The second-order valence-corrected chi connectivity index (χ2v) is 3.83. The third-order valence-electron chi connectivity index (χ3n) is 2.77. The first-order valence-corrected chi connectivity index (χ1v) is 5.53. The molecule has 0 atom stereocenters. The zero-order valence-electron chi connectivity index (χ0n) is 10.1. The highest BCUT2D eigenvalue weighted by atomic mass is 16.5. The van der Waals surface area contributed by atoms with Crippen LogP contribution in [0.5, 0.6) is 0 Å². The number of carbonyl (C=O) groups is 1. The molecule has 0 aromatic carbocycles. The Balaban J connectivity index is 2.80. The van der Waals surface area contributed by atoms with E-state index in [2.05, 4.69) is 23.7 Å². The molecule has 0 saturated heterocycles. The van der Waals surface area contributed by atoms with Crippen LogP contribution in [0, 0.1) is 5.92 Å². The molecule has 1 aromatic rings. The number of rotatable bonds is 5. The van der Waals surface area contributed by atoms with Crippen molar-refractivity contribution in [1.82, 2.24) is 9.78 Å². The maximum atomic E-state index is 11.3. The maximum Gasteiger partial charge on any atom is 0.360 e. The lowest BCUT2D eigenvalue weighted by Crippen LogP contribution is -2.11. The Morgan fingerprint density at radius 2 is 2.19 bits per heavy atom. The van der Waals surface area contributed by atoms with Crippen LogP contribution in [-0.4, -0.2) is 22.9 Å².